The summed E-state index contributed by atoms with van der Waals surface area (Å²) in [5.74, 6) is 0.916. The highest BCUT2D eigenvalue weighted by molar-refractivity contribution is 6.40. The monoisotopic (exact) mass is 374 g/mol. The van der Waals surface area contributed by atoms with Crippen molar-refractivity contribution < 1.29 is 0 Å². The number of H-pyrrole nitrogens is 1. The SMILES string of the molecule is CCCCCCCCCCCCCCCCCc1nc(Cl)c(Cl)[nH]1. The molecule has 0 saturated carbocycles. The predicted octanol–water partition coefficient (Wildman–Crippen LogP) is 8.13. The van der Waals surface area contributed by atoms with Gasteiger partial charge in [0.05, 0.1) is 0 Å². The molecule has 0 bridgehead atoms. The van der Waals surface area contributed by atoms with Crippen molar-refractivity contribution in [2.24, 2.45) is 0 Å². The van der Waals surface area contributed by atoms with Gasteiger partial charge in [0, 0.05) is 6.42 Å². The first-order chi connectivity index (χ1) is 11.7. The van der Waals surface area contributed by atoms with Gasteiger partial charge in [-0.3, -0.25) is 0 Å². The van der Waals surface area contributed by atoms with E-state index in [1.807, 2.05) is 0 Å². The normalized spacial score (nSPS) is 11.3. The van der Waals surface area contributed by atoms with Crippen molar-refractivity contribution in [3.63, 3.8) is 0 Å². The molecular weight excluding hydrogens is 339 g/mol. The van der Waals surface area contributed by atoms with E-state index in [-0.39, 0.29) is 0 Å². The van der Waals surface area contributed by atoms with Gasteiger partial charge in [0.25, 0.3) is 0 Å². The number of nitrogens with one attached hydrogen (secondary N) is 1. The van der Waals surface area contributed by atoms with Gasteiger partial charge in [-0.05, 0) is 6.42 Å². The average Bonchev–Trinajstić information content (AvgIpc) is 2.89. The summed E-state index contributed by atoms with van der Waals surface area (Å²) in [7, 11) is 0. The van der Waals surface area contributed by atoms with Crippen LogP contribution in [0.2, 0.25) is 10.3 Å². The Hall–Kier alpha value is -0.210. The first kappa shape index (κ1) is 21.8. The van der Waals surface area contributed by atoms with Crippen LogP contribution in [0.1, 0.15) is 109 Å². The highest BCUT2D eigenvalue weighted by Gasteiger charge is 2.04. The van der Waals surface area contributed by atoms with E-state index < -0.39 is 0 Å². The van der Waals surface area contributed by atoms with Crippen LogP contribution in [0.5, 0.6) is 0 Å². The Bertz CT molecular complexity index is 385. The lowest BCUT2D eigenvalue weighted by molar-refractivity contribution is 0.531. The van der Waals surface area contributed by atoms with Gasteiger partial charge in [0.1, 0.15) is 11.0 Å². The summed E-state index contributed by atoms with van der Waals surface area (Å²) in [4.78, 5) is 7.21. The van der Waals surface area contributed by atoms with Crippen molar-refractivity contribution in [2.45, 2.75) is 110 Å². The summed E-state index contributed by atoms with van der Waals surface area (Å²) in [6.07, 6.45) is 21.8. The molecule has 0 aliphatic carbocycles. The van der Waals surface area contributed by atoms with Crippen molar-refractivity contribution in [1.29, 1.82) is 0 Å². The number of imidazole rings is 1. The minimum Gasteiger partial charge on any atom is -0.332 e. The number of aromatic nitrogens is 2. The molecule has 0 aliphatic rings. The second-order valence-corrected chi connectivity index (χ2v) is 7.72. The Labute approximate surface area is 159 Å². The molecule has 0 fully saturated rings. The minimum absolute atomic E-state index is 0.396. The zero-order valence-electron chi connectivity index (χ0n) is 15.5. The highest BCUT2D eigenvalue weighted by atomic mass is 35.5. The number of unbranched alkanes of at least 4 members (excludes halogenated alkanes) is 14. The predicted molar refractivity (Wildman–Crippen MR) is 107 cm³/mol. The van der Waals surface area contributed by atoms with Crippen LogP contribution in [0.25, 0.3) is 0 Å². The zero-order valence-corrected chi connectivity index (χ0v) is 17.0. The summed E-state index contributed by atoms with van der Waals surface area (Å²) < 4.78 is 0. The lowest BCUT2D eigenvalue weighted by atomic mass is 10.0. The molecule has 0 aliphatic heterocycles. The molecule has 0 spiro atoms. The summed E-state index contributed by atoms with van der Waals surface area (Å²) in [5.41, 5.74) is 0. The van der Waals surface area contributed by atoms with Crippen LogP contribution in [0.3, 0.4) is 0 Å². The fraction of sp³-hybridized carbons (Fsp3) is 0.850. The van der Waals surface area contributed by atoms with Gasteiger partial charge in [-0.25, -0.2) is 4.98 Å². The van der Waals surface area contributed by atoms with Crippen LogP contribution in [0.15, 0.2) is 0 Å². The third kappa shape index (κ3) is 11.4. The van der Waals surface area contributed by atoms with E-state index in [4.69, 9.17) is 23.2 Å². The maximum Gasteiger partial charge on any atom is 0.166 e. The first-order valence-electron chi connectivity index (χ1n) is 10.1. The van der Waals surface area contributed by atoms with E-state index in [1.165, 1.54) is 89.9 Å². The fourth-order valence-electron chi connectivity index (χ4n) is 3.16. The van der Waals surface area contributed by atoms with E-state index >= 15 is 0 Å². The van der Waals surface area contributed by atoms with Gasteiger partial charge in [0.15, 0.2) is 5.15 Å². The molecule has 0 saturated heterocycles. The zero-order chi connectivity index (χ0) is 17.5. The van der Waals surface area contributed by atoms with Crippen LogP contribution >= 0.6 is 23.2 Å². The Kier molecular flexibility index (Phi) is 13.7. The molecule has 1 aromatic heterocycles. The molecule has 1 heterocycles. The second-order valence-electron chi connectivity index (χ2n) is 6.99. The molecule has 2 nitrogen and oxygen atoms in total. The Morgan fingerprint density at radius 1 is 0.667 bits per heavy atom. The van der Waals surface area contributed by atoms with Crippen molar-refractivity contribution in [2.75, 3.05) is 0 Å². The maximum atomic E-state index is 5.85. The molecule has 0 aromatic carbocycles. The van der Waals surface area contributed by atoms with E-state index in [0.29, 0.717) is 10.3 Å². The molecule has 0 radical (unpaired) electrons. The topological polar surface area (TPSA) is 28.7 Å². The molecule has 0 unspecified atom stereocenters. The number of halogens is 2. The van der Waals surface area contributed by atoms with Gasteiger partial charge in [-0.15, -0.1) is 0 Å². The number of hydrogen-bond acceptors (Lipinski definition) is 1. The van der Waals surface area contributed by atoms with Crippen molar-refractivity contribution in [3.8, 4) is 0 Å². The second kappa shape index (κ2) is 15.1. The number of hydrogen-bond donors (Lipinski definition) is 1. The van der Waals surface area contributed by atoms with Gasteiger partial charge in [0.2, 0.25) is 0 Å². The molecule has 1 aromatic rings. The molecule has 0 atom stereocenters. The van der Waals surface area contributed by atoms with Crippen LogP contribution in [-0.2, 0) is 6.42 Å². The van der Waals surface area contributed by atoms with E-state index in [1.54, 1.807) is 0 Å². The average molecular weight is 375 g/mol. The molecule has 1 rings (SSSR count). The van der Waals surface area contributed by atoms with Crippen molar-refractivity contribution >= 4 is 23.2 Å². The van der Waals surface area contributed by atoms with E-state index in [9.17, 15) is 0 Å². The lowest BCUT2D eigenvalue weighted by Crippen LogP contribution is -1.89. The summed E-state index contributed by atoms with van der Waals surface area (Å²) >= 11 is 11.7. The number of aryl methyl sites for hydroxylation is 1. The number of rotatable bonds is 16. The van der Waals surface area contributed by atoms with Crippen LogP contribution < -0.4 is 0 Å². The highest BCUT2D eigenvalue weighted by Crippen LogP contribution is 2.19. The van der Waals surface area contributed by atoms with Crippen LogP contribution in [0, 0.1) is 0 Å². The van der Waals surface area contributed by atoms with E-state index in [0.717, 1.165) is 18.7 Å². The summed E-state index contributed by atoms with van der Waals surface area (Å²) in [6, 6.07) is 0. The number of nitrogens with zero attached hydrogens (tertiary/aromatic N) is 1. The molecule has 1 N–H and O–H groups in total. The largest absolute Gasteiger partial charge is 0.332 e. The van der Waals surface area contributed by atoms with Crippen molar-refractivity contribution in [3.05, 3.63) is 16.1 Å². The van der Waals surface area contributed by atoms with E-state index in [2.05, 4.69) is 16.9 Å². The molecular formula is C20H36Cl2N2. The van der Waals surface area contributed by atoms with Gasteiger partial charge >= 0.3 is 0 Å². The third-order valence-electron chi connectivity index (χ3n) is 4.69. The first-order valence-corrected chi connectivity index (χ1v) is 10.9. The van der Waals surface area contributed by atoms with Gasteiger partial charge in [-0.2, -0.15) is 0 Å². The van der Waals surface area contributed by atoms with Gasteiger partial charge in [-0.1, -0.05) is 120 Å². The van der Waals surface area contributed by atoms with Crippen LogP contribution in [0.4, 0.5) is 0 Å². The minimum atomic E-state index is 0.396. The standard InChI is InChI=1S/C20H36Cl2N2/c1-2-3-4-5-6-7-8-9-10-11-12-13-14-15-16-17-18-23-19(21)20(22)24-18/h2-17H2,1H3,(H,23,24). The van der Waals surface area contributed by atoms with Crippen LogP contribution in [-0.4, -0.2) is 9.97 Å². The fourth-order valence-corrected chi connectivity index (χ4v) is 3.46. The molecule has 0 amide bonds. The summed E-state index contributed by atoms with van der Waals surface area (Å²) in [6.45, 7) is 2.28. The maximum absolute atomic E-state index is 5.85. The Balaban J connectivity index is 1.76. The Morgan fingerprint density at radius 2 is 1.08 bits per heavy atom. The quantitative estimate of drug-likeness (QED) is 0.290. The number of aromatic amines is 1. The third-order valence-corrected chi connectivity index (χ3v) is 5.33. The smallest absolute Gasteiger partial charge is 0.166 e. The van der Waals surface area contributed by atoms with Gasteiger partial charge < -0.3 is 4.98 Å². The summed E-state index contributed by atoms with van der Waals surface area (Å²) in [5, 5.41) is 0.861. The molecule has 4 heteroatoms. The Morgan fingerprint density at radius 3 is 1.46 bits per heavy atom. The lowest BCUT2D eigenvalue weighted by Gasteiger charge is -2.03. The molecule has 140 valence electrons. The van der Waals surface area contributed by atoms with Crippen molar-refractivity contribution in [1.82, 2.24) is 9.97 Å². The molecule has 24 heavy (non-hydrogen) atoms.